The van der Waals surface area contributed by atoms with Gasteiger partial charge in [0.2, 0.25) is 0 Å². The normalized spacial score (nSPS) is 13.5. The van der Waals surface area contributed by atoms with E-state index in [-0.39, 0.29) is 24.4 Å². The largest absolute Gasteiger partial charge is 0.465 e. The molecule has 2 aromatic rings. The molecule has 3 rings (SSSR count). The van der Waals surface area contributed by atoms with Crippen LogP contribution in [-0.4, -0.2) is 48.1 Å². The molecule has 8 heteroatoms. The number of carbonyl (C=O) groups excluding carboxylic acids is 3. The van der Waals surface area contributed by atoms with Crippen molar-refractivity contribution in [2.75, 3.05) is 25.6 Å². The lowest BCUT2D eigenvalue weighted by Gasteiger charge is -2.14. The lowest BCUT2D eigenvalue weighted by molar-refractivity contribution is -0.137. The van der Waals surface area contributed by atoms with E-state index >= 15 is 0 Å². The highest BCUT2D eigenvalue weighted by molar-refractivity contribution is 6.17. The fourth-order valence-electron chi connectivity index (χ4n) is 2.81. The number of benzene rings is 2. The minimum absolute atomic E-state index is 0.0782. The van der Waals surface area contributed by atoms with E-state index in [0.717, 1.165) is 11.0 Å². The fourth-order valence-corrected chi connectivity index (χ4v) is 2.81. The number of hydrogen-bond donors (Lipinski definition) is 2. The van der Waals surface area contributed by atoms with Crippen molar-refractivity contribution < 1.29 is 28.6 Å². The number of halogens is 1. The molecule has 0 unspecified atom stereocenters. The van der Waals surface area contributed by atoms with Gasteiger partial charge in [-0.1, -0.05) is 18.2 Å². The molecule has 0 bridgehead atoms. The van der Waals surface area contributed by atoms with Gasteiger partial charge in [0.05, 0.1) is 25.8 Å². The van der Waals surface area contributed by atoms with Crippen LogP contribution in [0.15, 0.2) is 54.2 Å². The zero-order chi connectivity index (χ0) is 20.3. The first-order valence-electron chi connectivity index (χ1n) is 8.38. The highest BCUT2D eigenvalue weighted by atomic mass is 19.1. The minimum atomic E-state index is -0.761. The van der Waals surface area contributed by atoms with E-state index in [1.807, 2.05) is 0 Å². The highest BCUT2D eigenvalue weighted by Gasteiger charge is 2.30. The quantitative estimate of drug-likeness (QED) is 0.584. The monoisotopic (exact) mass is 384 g/mol. The van der Waals surface area contributed by atoms with Crippen LogP contribution in [0.5, 0.6) is 0 Å². The van der Waals surface area contributed by atoms with Gasteiger partial charge in [-0.3, -0.25) is 14.5 Å². The number of carbonyl (C=O) groups is 3. The van der Waals surface area contributed by atoms with Crippen LogP contribution >= 0.6 is 0 Å². The van der Waals surface area contributed by atoms with E-state index in [2.05, 4.69) is 10.1 Å². The van der Waals surface area contributed by atoms with E-state index in [1.165, 1.54) is 19.2 Å². The van der Waals surface area contributed by atoms with Crippen molar-refractivity contribution >= 4 is 23.5 Å². The Morgan fingerprint density at radius 1 is 1.18 bits per heavy atom. The van der Waals surface area contributed by atoms with Crippen molar-refractivity contribution in [2.45, 2.75) is 0 Å². The second-order valence-electron chi connectivity index (χ2n) is 5.97. The number of amides is 2. The van der Waals surface area contributed by atoms with Crippen molar-refractivity contribution in [3.63, 3.8) is 0 Å². The van der Waals surface area contributed by atoms with Crippen molar-refractivity contribution in [2.24, 2.45) is 0 Å². The zero-order valence-electron chi connectivity index (χ0n) is 14.9. The second kappa shape index (κ2) is 8.01. The average Bonchev–Trinajstić information content (AvgIpc) is 2.95. The van der Waals surface area contributed by atoms with Crippen molar-refractivity contribution in [1.82, 2.24) is 4.90 Å². The first-order valence-corrected chi connectivity index (χ1v) is 8.38. The SMILES string of the molecule is COC(=O)c1ccc(-c2cccc(NC3=CC(=O)N(CCO)C3=O)c2)cc1F. The third-order valence-electron chi connectivity index (χ3n) is 4.18. The molecule has 28 heavy (non-hydrogen) atoms. The topological polar surface area (TPSA) is 95.9 Å². The molecular formula is C20H17FN2O5. The van der Waals surface area contributed by atoms with Gasteiger partial charge < -0.3 is 15.2 Å². The summed E-state index contributed by atoms with van der Waals surface area (Å²) in [6, 6.07) is 11.0. The Morgan fingerprint density at radius 3 is 2.61 bits per heavy atom. The molecule has 0 saturated heterocycles. The van der Waals surface area contributed by atoms with Gasteiger partial charge in [0, 0.05) is 11.8 Å². The van der Waals surface area contributed by atoms with Gasteiger partial charge in [-0.2, -0.15) is 0 Å². The van der Waals surface area contributed by atoms with Gasteiger partial charge in [-0.25, -0.2) is 9.18 Å². The number of aliphatic hydroxyl groups is 1. The van der Waals surface area contributed by atoms with Crippen molar-refractivity contribution in [3.8, 4) is 11.1 Å². The maximum atomic E-state index is 14.2. The zero-order valence-corrected chi connectivity index (χ0v) is 14.9. The molecule has 1 aliphatic heterocycles. The molecule has 1 aliphatic rings. The summed E-state index contributed by atoms with van der Waals surface area (Å²) in [5, 5.41) is 11.8. The molecule has 0 fully saturated rings. The number of rotatable bonds is 6. The predicted molar refractivity (Wildman–Crippen MR) is 98.7 cm³/mol. The molecule has 0 aliphatic carbocycles. The first kappa shape index (κ1) is 19.2. The minimum Gasteiger partial charge on any atom is -0.465 e. The summed E-state index contributed by atoms with van der Waals surface area (Å²) in [6.45, 7) is -0.396. The van der Waals surface area contributed by atoms with Crippen LogP contribution in [0.1, 0.15) is 10.4 Å². The smallest absolute Gasteiger partial charge is 0.340 e. The summed E-state index contributed by atoms with van der Waals surface area (Å²) < 4.78 is 18.7. The van der Waals surface area contributed by atoms with Gasteiger partial charge in [-0.05, 0) is 35.4 Å². The molecule has 2 amide bonds. The third-order valence-corrected chi connectivity index (χ3v) is 4.18. The lowest BCUT2D eigenvalue weighted by Crippen LogP contribution is -2.34. The van der Waals surface area contributed by atoms with Crippen LogP contribution in [0.3, 0.4) is 0 Å². The highest BCUT2D eigenvalue weighted by Crippen LogP contribution is 2.26. The van der Waals surface area contributed by atoms with Crippen LogP contribution in [0.4, 0.5) is 10.1 Å². The summed E-state index contributed by atoms with van der Waals surface area (Å²) in [6.07, 6.45) is 1.16. The summed E-state index contributed by atoms with van der Waals surface area (Å²) in [7, 11) is 1.18. The molecule has 0 aromatic heterocycles. The number of nitrogens with zero attached hydrogens (tertiary/aromatic N) is 1. The fraction of sp³-hybridized carbons (Fsp3) is 0.150. The van der Waals surface area contributed by atoms with Crippen LogP contribution in [0.25, 0.3) is 11.1 Å². The summed E-state index contributed by atoms with van der Waals surface area (Å²) in [4.78, 5) is 36.5. The summed E-state index contributed by atoms with van der Waals surface area (Å²) in [5.41, 5.74) is 1.61. The Kier molecular flexibility index (Phi) is 5.51. The number of esters is 1. The Labute approximate surface area is 160 Å². The van der Waals surface area contributed by atoms with Gasteiger partial charge >= 0.3 is 5.97 Å². The number of nitrogens with one attached hydrogen (secondary N) is 1. The van der Waals surface area contributed by atoms with Gasteiger partial charge in [0.15, 0.2) is 0 Å². The van der Waals surface area contributed by atoms with Crippen molar-refractivity contribution in [1.29, 1.82) is 0 Å². The van der Waals surface area contributed by atoms with E-state index in [0.29, 0.717) is 16.8 Å². The molecule has 0 saturated carbocycles. The molecule has 0 radical (unpaired) electrons. The van der Waals surface area contributed by atoms with Crippen LogP contribution in [0.2, 0.25) is 0 Å². The maximum absolute atomic E-state index is 14.2. The van der Waals surface area contributed by atoms with Crippen LogP contribution < -0.4 is 5.32 Å². The average molecular weight is 384 g/mol. The summed E-state index contributed by atoms with van der Waals surface area (Å²) >= 11 is 0. The Morgan fingerprint density at radius 2 is 1.93 bits per heavy atom. The number of anilines is 1. The van der Waals surface area contributed by atoms with Crippen LogP contribution in [0, 0.1) is 5.82 Å². The van der Waals surface area contributed by atoms with Gasteiger partial charge in [0.1, 0.15) is 11.5 Å². The molecule has 7 nitrogen and oxygen atoms in total. The number of imide groups is 1. The number of β-amino-alcohol motifs (C(OH)–C–C–N with tert-alkyl or cyclic N) is 1. The second-order valence-corrected chi connectivity index (χ2v) is 5.97. The van der Waals surface area contributed by atoms with E-state index in [1.54, 1.807) is 30.3 Å². The summed E-state index contributed by atoms with van der Waals surface area (Å²) in [5.74, 6) is -2.50. The first-order chi connectivity index (χ1) is 13.4. The third kappa shape index (κ3) is 3.77. The molecule has 0 spiro atoms. The van der Waals surface area contributed by atoms with Gasteiger partial charge in [-0.15, -0.1) is 0 Å². The molecule has 2 N–H and O–H groups in total. The van der Waals surface area contributed by atoms with Gasteiger partial charge in [0.25, 0.3) is 11.8 Å². The number of hydrogen-bond acceptors (Lipinski definition) is 6. The standard InChI is InChI=1S/C20H17FN2O5/c1-28-20(27)15-6-5-13(10-16(15)21)12-3-2-4-14(9-12)22-17-11-18(25)23(7-8-24)19(17)26/h2-6,9-11,22,24H,7-8H2,1H3. The number of aliphatic hydroxyl groups excluding tert-OH is 1. The lowest BCUT2D eigenvalue weighted by atomic mass is 10.0. The molecular weight excluding hydrogens is 367 g/mol. The molecule has 0 atom stereocenters. The molecule has 1 heterocycles. The number of ether oxygens (including phenoxy) is 1. The maximum Gasteiger partial charge on any atom is 0.340 e. The van der Waals surface area contributed by atoms with Crippen LogP contribution in [-0.2, 0) is 14.3 Å². The van der Waals surface area contributed by atoms with E-state index in [4.69, 9.17) is 5.11 Å². The van der Waals surface area contributed by atoms with E-state index < -0.39 is 23.6 Å². The predicted octanol–water partition coefficient (Wildman–Crippen LogP) is 1.94. The van der Waals surface area contributed by atoms with Crippen molar-refractivity contribution in [3.05, 3.63) is 65.6 Å². The van der Waals surface area contributed by atoms with E-state index in [9.17, 15) is 18.8 Å². The Bertz CT molecular complexity index is 986. The Hall–Kier alpha value is -3.52. The number of methoxy groups -OCH3 is 1. The molecule has 144 valence electrons. The Balaban J connectivity index is 1.83. The molecule has 2 aromatic carbocycles.